The maximum atomic E-state index is 13.9. The predicted octanol–water partition coefficient (Wildman–Crippen LogP) is 3.16. The first-order valence-corrected chi connectivity index (χ1v) is 6.43. The average Bonchev–Trinajstić information content (AvgIpc) is 3.19. The van der Waals surface area contributed by atoms with Gasteiger partial charge < -0.3 is 10.0 Å². The minimum Gasteiger partial charge on any atom is -0.478 e. The van der Waals surface area contributed by atoms with Gasteiger partial charge in [-0.25, -0.2) is 9.18 Å². The van der Waals surface area contributed by atoms with Gasteiger partial charge in [0.05, 0.1) is 0 Å². The Morgan fingerprint density at radius 1 is 1.53 bits per heavy atom. The van der Waals surface area contributed by atoms with E-state index >= 15 is 0 Å². The fourth-order valence-electron chi connectivity index (χ4n) is 2.27. The molecule has 0 saturated heterocycles. The van der Waals surface area contributed by atoms with Crippen LogP contribution in [0.2, 0.25) is 0 Å². The van der Waals surface area contributed by atoms with Crippen LogP contribution in [0.4, 0.5) is 10.1 Å². The molecule has 1 atom stereocenters. The first-order valence-electron chi connectivity index (χ1n) is 6.43. The molecule has 0 radical (unpaired) electrons. The molecule has 0 aromatic heterocycles. The van der Waals surface area contributed by atoms with Crippen molar-refractivity contribution in [2.75, 3.05) is 11.9 Å². The number of nitrogens with zero attached hydrogens (tertiary/aromatic N) is 1. The summed E-state index contributed by atoms with van der Waals surface area (Å²) in [5, 5.41) is 8.68. The molecule has 1 aliphatic rings. The van der Waals surface area contributed by atoms with Crippen LogP contribution in [0.3, 0.4) is 0 Å². The molecule has 1 saturated carbocycles. The highest BCUT2D eigenvalue weighted by molar-refractivity contribution is 5.87. The van der Waals surface area contributed by atoms with Gasteiger partial charge in [-0.15, -0.1) is 0 Å². The maximum absolute atomic E-state index is 13.9. The van der Waals surface area contributed by atoms with Gasteiger partial charge in [-0.3, -0.25) is 0 Å². The lowest BCUT2D eigenvalue weighted by Gasteiger charge is -2.28. The monoisotopic (exact) mass is 263 g/mol. The second kappa shape index (κ2) is 5.43. The Balaban J connectivity index is 2.33. The molecule has 102 valence electrons. The smallest absolute Gasteiger partial charge is 0.328 e. The van der Waals surface area contributed by atoms with Gasteiger partial charge >= 0.3 is 5.97 Å². The van der Waals surface area contributed by atoms with Crippen molar-refractivity contribution in [3.63, 3.8) is 0 Å². The molecule has 0 heterocycles. The van der Waals surface area contributed by atoms with E-state index in [1.54, 1.807) is 6.07 Å². The Kier molecular flexibility index (Phi) is 3.88. The van der Waals surface area contributed by atoms with Crippen LogP contribution in [0.1, 0.15) is 25.3 Å². The molecular weight excluding hydrogens is 245 g/mol. The summed E-state index contributed by atoms with van der Waals surface area (Å²) in [7, 11) is 1.93. The van der Waals surface area contributed by atoms with E-state index < -0.39 is 11.8 Å². The van der Waals surface area contributed by atoms with Crippen molar-refractivity contribution in [1.29, 1.82) is 0 Å². The quantitative estimate of drug-likeness (QED) is 0.830. The lowest BCUT2D eigenvalue weighted by atomic mass is 10.1. The molecule has 0 amide bonds. The van der Waals surface area contributed by atoms with Gasteiger partial charge in [0, 0.05) is 30.4 Å². The van der Waals surface area contributed by atoms with E-state index in [2.05, 4.69) is 6.92 Å². The number of carboxylic acids is 1. The molecule has 1 aromatic rings. The van der Waals surface area contributed by atoms with Crippen molar-refractivity contribution in [3.05, 3.63) is 35.7 Å². The third kappa shape index (κ3) is 3.13. The van der Waals surface area contributed by atoms with Crippen molar-refractivity contribution < 1.29 is 14.3 Å². The molecule has 1 fully saturated rings. The van der Waals surface area contributed by atoms with E-state index in [4.69, 9.17) is 5.11 Å². The molecule has 4 heteroatoms. The third-order valence-corrected chi connectivity index (χ3v) is 3.72. The van der Waals surface area contributed by atoms with Crippen molar-refractivity contribution >= 4 is 17.7 Å². The fourth-order valence-corrected chi connectivity index (χ4v) is 2.27. The Morgan fingerprint density at radius 3 is 2.79 bits per heavy atom. The predicted molar refractivity (Wildman–Crippen MR) is 73.7 cm³/mol. The summed E-state index contributed by atoms with van der Waals surface area (Å²) in [6, 6.07) is 5.15. The van der Waals surface area contributed by atoms with Crippen LogP contribution < -0.4 is 4.90 Å². The first kappa shape index (κ1) is 13.6. The van der Waals surface area contributed by atoms with E-state index in [1.165, 1.54) is 25.0 Å². The van der Waals surface area contributed by atoms with Gasteiger partial charge in [0.15, 0.2) is 0 Å². The van der Waals surface area contributed by atoms with E-state index in [1.807, 2.05) is 18.0 Å². The normalized spacial score (nSPS) is 16.6. The lowest BCUT2D eigenvalue weighted by molar-refractivity contribution is -0.131. The standard InChI is InChI=1S/C15H18FNO2/c1-10(11-6-7-11)17(2)14-5-3-4-13(16)12(14)8-9-15(18)19/h3-5,8-11H,6-7H2,1-2H3,(H,18,19)/b9-8+. The molecule has 19 heavy (non-hydrogen) atoms. The van der Waals surface area contributed by atoms with Crippen LogP contribution in [0, 0.1) is 11.7 Å². The second-order valence-corrected chi connectivity index (χ2v) is 5.03. The van der Waals surface area contributed by atoms with Gasteiger partial charge in [0.1, 0.15) is 5.82 Å². The van der Waals surface area contributed by atoms with Crippen molar-refractivity contribution in [2.24, 2.45) is 5.92 Å². The lowest BCUT2D eigenvalue weighted by Crippen LogP contribution is -2.31. The Bertz CT molecular complexity index is 509. The number of rotatable bonds is 5. The molecule has 0 bridgehead atoms. The SMILES string of the molecule is CC(C1CC1)N(C)c1cccc(F)c1/C=C/C(=O)O. The summed E-state index contributed by atoms with van der Waals surface area (Å²) in [5.41, 5.74) is 1.07. The van der Waals surface area contributed by atoms with Crippen LogP contribution in [0.25, 0.3) is 6.08 Å². The summed E-state index contributed by atoms with van der Waals surface area (Å²) < 4.78 is 13.9. The van der Waals surface area contributed by atoms with Crippen LogP contribution in [-0.2, 0) is 4.79 Å². The molecule has 2 rings (SSSR count). The Morgan fingerprint density at radius 2 is 2.21 bits per heavy atom. The van der Waals surface area contributed by atoms with Crippen LogP contribution in [0.5, 0.6) is 0 Å². The topological polar surface area (TPSA) is 40.5 Å². The number of carboxylic acid groups (broad SMARTS) is 1. The molecule has 0 aliphatic heterocycles. The summed E-state index contributed by atoms with van der Waals surface area (Å²) in [5.74, 6) is -0.818. The molecule has 1 unspecified atom stereocenters. The average molecular weight is 263 g/mol. The molecular formula is C15H18FNO2. The Labute approximate surface area is 112 Å². The highest BCUT2D eigenvalue weighted by atomic mass is 19.1. The summed E-state index contributed by atoms with van der Waals surface area (Å²) in [6.07, 6.45) is 4.71. The van der Waals surface area contributed by atoms with Crippen LogP contribution in [-0.4, -0.2) is 24.2 Å². The number of anilines is 1. The van der Waals surface area contributed by atoms with Gasteiger partial charge in [-0.1, -0.05) is 6.07 Å². The number of halogens is 1. The molecule has 3 nitrogen and oxygen atoms in total. The van der Waals surface area contributed by atoms with Gasteiger partial charge in [-0.05, 0) is 43.9 Å². The fraction of sp³-hybridized carbons (Fsp3) is 0.400. The van der Waals surface area contributed by atoms with Crippen LogP contribution in [0.15, 0.2) is 24.3 Å². The van der Waals surface area contributed by atoms with Crippen molar-refractivity contribution in [1.82, 2.24) is 0 Å². The number of carbonyl (C=O) groups is 1. The molecule has 1 N–H and O–H groups in total. The number of aliphatic carboxylic acids is 1. The highest BCUT2D eigenvalue weighted by Crippen LogP contribution is 2.37. The van der Waals surface area contributed by atoms with Gasteiger partial charge in [0.25, 0.3) is 0 Å². The number of hydrogen-bond donors (Lipinski definition) is 1. The largest absolute Gasteiger partial charge is 0.478 e. The van der Waals surface area contributed by atoms with Gasteiger partial charge in [-0.2, -0.15) is 0 Å². The Hall–Kier alpha value is -1.84. The van der Waals surface area contributed by atoms with E-state index in [0.717, 1.165) is 11.8 Å². The minimum atomic E-state index is -1.08. The summed E-state index contributed by atoms with van der Waals surface area (Å²) in [4.78, 5) is 12.6. The van der Waals surface area contributed by atoms with E-state index in [-0.39, 0.29) is 0 Å². The zero-order valence-electron chi connectivity index (χ0n) is 11.1. The van der Waals surface area contributed by atoms with E-state index in [9.17, 15) is 9.18 Å². The molecule has 1 aromatic carbocycles. The maximum Gasteiger partial charge on any atom is 0.328 e. The zero-order chi connectivity index (χ0) is 14.0. The second-order valence-electron chi connectivity index (χ2n) is 5.03. The van der Waals surface area contributed by atoms with Crippen molar-refractivity contribution in [2.45, 2.75) is 25.8 Å². The number of hydrogen-bond acceptors (Lipinski definition) is 2. The van der Waals surface area contributed by atoms with Crippen LogP contribution >= 0.6 is 0 Å². The van der Waals surface area contributed by atoms with Gasteiger partial charge in [0.2, 0.25) is 0 Å². The highest BCUT2D eigenvalue weighted by Gasteiger charge is 2.31. The first-order chi connectivity index (χ1) is 9.00. The minimum absolute atomic E-state index is 0.332. The molecule has 0 spiro atoms. The number of benzene rings is 1. The zero-order valence-corrected chi connectivity index (χ0v) is 11.1. The third-order valence-electron chi connectivity index (χ3n) is 3.72. The summed E-state index contributed by atoms with van der Waals surface area (Å²) in [6.45, 7) is 2.12. The summed E-state index contributed by atoms with van der Waals surface area (Å²) >= 11 is 0. The van der Waals surface area contributed by atoms with Crippen molar-refractivity contribution in [3.8, 4) is 0 Å². The van der Waals surface area contributed by atoms with E-state index in [0.29, 0.717) is 17.5 Å². The molecule has 1 aliphatic carbocycles.